The standard InChI is InChI=1S/C32H36N2OS2/c1-4-5-6-7-8-27-9-10-28(36-27)13-15-31-23(2)19-25(21-33-31)26-20-24(3)32(34-22-26)16-14-29-11-12-30(37-29)17-18-35/h9-16,19-22,35H,4-8,17-18H2,1-3H3/b15-13+,16-14+. The Bertz CT molecular complexity index is 1360. The highest BCUT2D eigenvalue weighted by Gasteiger charge is 2.06. The summed E-state index contributed by atoms with van der Waals surface area (Å²) in [5.74, 6) is 0. The van der Waals surface area contributed by atoms with Crippen LogP contribution in [0.4, 0.5) is 0 Å². The Morgan fingerprint density at radius 2 is 1.24 bits per heavy atom. The zero-order chi connectivity index (χ0) is 26.0. The van der Waals surface area contributed by atoms with Crippen LogP contribution in [0.15, 0.2) is 48.8 Å². The summed E-state index contributed by atoms with van der Waals surface area (Å²) in [6.07, 6.45) is 19.5. The van der Waals surface area contributed by atoms with Gasteiger partial charge in [-0.3, -0.25) is 9.97 Å². The third kappa shape index (κ3) is 7.81. The van der Waals surface area contributed by atoms with Gasteiger partial charge in [0.2, 0.25) is 0 Å². The molecule has 0 aliphatic rings. The largest absolute Gasteiger partial charge is 0.396 e. The first-order chi connectivity index (χ1) is 18.1. The highest BCUT2D eigenvalue weighted by molar-refractivity contribution is 7.13. The second kappa shape index (κ2) is 13.6. The Morgan fingerprint density at radius 3 is 1.73 bits per heavy atom. The molecule has 37 heavy (non-hydrogen) atoms. The van der Waals surface area contributed by atoms with E-state index in [1.54, 1.807) is 11.3 Å². The lowest BCUT2D eigenvalue weighted by Gasteiger charge is -2.07. The number of hydrogen-bond acceptors (Lipinski definition) is 5. The molecule has 0 aromatic carbocycles. The second-order valence-corrected chi connectivity index (χ2v) is 11.8. The first-order valence-corrected chi connectivity index (χ1v) is 14.8. The summed E-state index contributed by atoms with van der Waals surface area (Å²) in [6, 6.07) is 13.0. The number of aliphatic hydroxyl groups is 1. The van der Waals surface area contributed by atoms with Gasteiger partial charge < -0.3 is 5.11 Å². The van der Waals surface area contributed by atoms with Gasteiger partial charge in [-0.05, 0) is 98.5 Å². The number of pyridine rings is 2. The first-order valence-electron chi connectivity index (χ1n) is 13.1. The molecule has 5 heteroatoms. The van der Waals surface area contributed by atoms with Gasteiger partial charge in [-0.2, -0.15) is 0 Å². The Kier molecular flexibility index (Phi) is 10.0. The molecular weight excluding hydrogens is 492 g/mol. The van der Waals surface area contributed by atoms with Gasteiger partial charge >= 0.3 is 0 Å². The molecule has 192 valence electrons. The summed E-state index contributed by atoms with van der Waals surface area (Å²) in [6.45, 7) is 6.66. The maximum Gasteiger partial charge on any atom is 0.0659 e. The van der Waals surface area contributed by atoms with Crippen LogP contribution in [0.5, 0.6) is 0 Å². The van der Waals surface area contributed by atoms with E-state index in [1.807, 2.05) is 23.7 Å². The number of aromatic nitrogens is 2. The lowest BCUT2D eigenvalue weighted by Crippen LogP contribution is -1.92. The topological polar surface area (TPSA) is 46.0 Å². The Hall–Kier alpha value is -2.86. The van der Waals surface area contributed by atoms with Crippen LogP contribution < -0.4 is 0 Å². The molecule has 0 aliphatic heterocycles. The maximum absolute atomic E-state index is 9.11. The highest BCUT2D eigenvalue weighted by atomic mass is 32.1. The zero-order valence-corrected chi connectivity index (χ0v) is 23.7. The van der Waals surface area contributed by atoms with Crippen molar-refractivity contribution in [2.45, 2.75) is 59.3 Å². The van der Waals surface area contributed by atoms with Crippen LogP contribution >= 0.6 is 22.7 Å². The van der Waals surface area contributed by atoms with E-state index in [0.29, 0.717) is 6.42 Å². The third-order valence-electron chi connectivity index (χ3n) is 6.38. The number of thiophene rings is 2. The van der Waals surface area contributed by atoms with Gasteiger partial charge in [0.25, 0.3) is 0 Å². The molecule has 4 aromatic rings. The van der Waals surface area contributed by atoms with Crippen LogP contribution in [0, 0.1) is 13.8 Å². The molecule has 0 atom stereocenters. The molecule has 4 aromatic heterocycles. The van der Waals surface area contributed by atoms with E-state index in [0.717, 1.165) is 33.6 Å². The fourth-order valence-electron chi connectivity index (χ4n) is 4.23. The van der Waals surface area contributed by atoms with E-state index < -0.39 is 0 Å². The van der Waals surface area contributed by atoms with Crippen LogP contribution in [0.2, 0.25) is 0 Å². The molecule has 1 N–H and O–H groups in total. The van der Waals surface area contributed by atoms with E-state index >= 15 is 0 Å². The van der Waals surface area contributed by atoms with Crippen molar-refractivity contribution in [2.75, 3.05) is 6.61 Å². The summed E-state index contributed by atoms with van der Waals surface area (Å²) in [5.41, 5.74) is 6.41. The van der Waals surface area contributed by atoms with Gasteiger partial charge in [0.15, 0.2) is 0 Å². The average molecular weight is 529 g/mol. The number of nitrogens with zero attached hydrogens (tertiary/aromatic N) is 2. The molecule has 3 nitrogen and oxygen atoms in total. The minimum atomic E-state index is 0.187. The van der Waals surface area contributed by atoms with Gasteiger partial charge in [-0.15, -0.1) is 22.7 Å². The van der Waals surface area contributed by atoms with Gasteiger partial charge in [0.05, 0.1) is 11.4 Å². The number of unbranched alkanes of at least 4 members (excludes halogenated alkanes) is 3. The van der Waals surface area contributed by atoms with Crippen molar-refractivity contribution in [1.82, 2.24) is 9.97 Å². The summed E-state index contributed by atoms with van der Waals surface area (Å²) in [5, 5.41) is 9.11. The molecule has 0 saturated heterocycles. The summed E-state index contributed by atoms with van der Waals surface area (Å²) in [7, 11) is 0. The molecule has 0 radical (unpaired) electrons. The third-order valence-corrected chi connectivity index (χ3v) is 8.60. The quantitative estimate of drug-likeness (QED) is 0.187. The molecule has 0 amide bonds. The van der Waals surface area contributed by atoms with Crippen molar-refractivity contribution >= 4 is 47.0 Å². The van der Waals surface area contributed by atoms with E-state index in [2.05, 4.69) is 81.5 Å². The molecule has 0 spiro atoms. The van der Waals surface area contributed by atoms with Gasteiger partial charge in [-0.1, -0.05) is 26.2 Å². The fraction of sp³-hybridized carbons (Fsp3) is 0.312. The smallest absolute Gasteiger partial charge is 0.0659 e. The van der Waals surface area contributed by atoms with E-state index in [-0.39, 0.29) is 6.61 Å². The normalized spacial score (nSPS) is 11.8. The predicted molar refractivity (Wildman–Crippen MR) is 162 cm³/mol. The van der Waals surface area contributed by atoms with Crippen LogP contribution in [-0.2, 0) is 12.8 Å². The van der Waals surface area contributed by atoms with E-state index in [1.165, 1.54) is 51.6 Å². The molecular formula is C32H36N2OS2. The minimum absolute atomic E-state index is 0.187. The summed E-state index contributed by atoms with van der Waals surface area (Å²) >= 11 is 3.59. The molecule has 0 bridgehead atoms. The molecule has 0 saturated carbocycles. The minimum Gasteiger partial charge on any atom is -0.396 e. The van der Waals surface area contributed by atoms with E-state index in [4.69, 9.17) is 15.1 Å². The summed E-state index contributed by atoms with van der Waals surface area (Å²) in [4.78, 5) is 14.6. The van der Waals surface area contributed by atoms with Crippen molar-refractivity contribution in [3.63, 3.8) is 0 Å². The Balaban J connectivity index is 1.40. The molecule has 0 aliphatic carbocycles. The fourth-order valence-corrected chi connectivity index (χ4v) is 6.09. The number of rotatable bonds is 12. The van der Waals surface area contributed by atoms with Crippen LogP contribution in [0.3, 0.4) is 0 Å². The van der Waals surface area contributed by atoms with Gasteiger partial charge in [0, 0.05) is 56.1 Å². The predicted octanol–water partition coefficient (Wildman–Crippen LogP) is 8.88. The number of aryl methyl sites for hydroxylation is 3. The van der Waals surface area contributed by atoms with Crippen molar-refractivity contribution in [3.05, 3.63) is 90.8 Å². The molecule has 0 fully saturated rings. The highest BCUT2D eigenvalue weighted by Crippen LogP contribution is 2.26. The maximum atomic E-state index is 9.11. The van der Waals surface area contributed by atoms with Crippen LogP contribution in [0.25, 0.3) is 35.4 Å². The van der Waals surface area contributed by atoms with Gasteiger partial charge in [0.1, 0.15) is 0 Å². The van der Waals surface area contributed by atoms with Crippen molar-refractivity contribution in [3.8, 4) is 11.1 Å². The number of hydrogen-bond donors (Lipinski definition) is 1. The van der Waals surface area contributed by atoms with E-state index in [9.17, 15) is 0 Å². The molecule has 4 rings (SSSR count). The average Bonchev–Trinajstić information content (AvgIpc) is 3.55. The zero-order valence-electron chi connectivity index (χ0n) is 22.0. The van der Waals surface area contributed by atoms with Gasteiger partial charge in [-0.25, -0.2) is 0 Å². The van der Waals surface area contributed by atoms with Crippen molar-refractivity contribution in [1.29, 1.82) is 0 Å². The van der Waals surface area contributed by atoms with Crippen LogP contribution in [-0.4, -0.2) is 21.7 Å². The summed E-state index contributed by atoms with van der Waals surface area (Å²) < 4.78 is 0. The SMILES string of the molecule is CCCCCCc1ccc(/C=C/c2ncc(-c3cnc(/C=C/c4ccc(CCO)s4)c(C)c3)cc2C)s1. The number of aliphatic hydroxyl groups excluding tert-OH is 1. The Labute approximate surface area is 229 Å². The molecule has 4 heterocycles. The lowest BCUT2D eigenvalue weighted by molar-refractivity contribution is 0.300. The Morgan fingerprint density at radius 1 is 0.703 bits per heavy atom. The second-order valence-electron chi connectivity index (χ2n) is 9.41. The first kappa shape index (κ1) is 27.2. The molecule has 0 unspecified atom stereocenters. The van der Waals surface area contributed by atoms with Crippen molar-refractivity contribution < 1.29 is 5.11 Å². The monoisotopic (exact) mass is 528 g/mol. The van der Waals surface area contributed by atoms with Crippen molar-refractivity contribution in [2.24, 2.45) is 0 Å². The van der Waals surface area contributed by atoms with Crippen LogP contribution in [0.1, 0.15) is 74.6 Å². The lowest BCUT2D eigenvalue weighted by atomic mass is 10.0.